The summed E-state index contributed by atoms with van der Waals surface area (Å²) in [5, 5.41) is 10.6. The lowest BCUT2D eigenvalue weighted by molar-refractivity contribution is -0.161. The molecule has 0 aliphatic heterocycles. The van der Waals surface area contributed by atoms with Gasteiger partial charge in [0.05, 0.1) is 26.4 Å². The molecule has 0 fully saturated rings. The third kappa shape index (κ3) is 63.2. The van der Waals surface area contributed by atoms with Crippen LogP contribution in [-0.2, 0) is 65.4 Å². The van der Waals surface area contributed by atoms with Crippen molar-refractivity contribution in [3.8, 4) is 0 Å². The van der Waals surface area contributed by atoms with E-state index < -0.39 is 97.5 Å². The Hall–Kier alpha value is -1.94. The van der Waals surface area contributed by atoms with Gasteiger partial charge in [0, 0.05) is 25.7 Å². The summed E-state index contributed by atoms with van der Waals surface area (Å²) in [6.07, 6.45) is 41.9. The van der Waals surface area contributed by atoms with Crippen LogP contribution in [0.25, 0.3) is 0 Å². The number of hydrogen-bond donors (Lipinski definition) is 3. The Morgan fingerprint density at radius 1 is 0.315 bits per heavy atom. The number of esters is 4. The van der Waals surface area contributed by atoms with E-state index in [1.165, 1.54) is 135 Å². The number of unbranched alkanes of at least 4 members (excludes halogenated alkanes) is 32. The molecule has 0 spiro atoms. The second-order valence-electron chi connectivity index (χ2n) is 26.9. The largest absolute Gasteiger partial charge is 0.472 e. The Labute approximate surface area is 543 Å². The summed E-state index contributed by atoms with van der Waals surface area (Å²) in [5.74, 6) is 0.824. The highest BCUT2D eigenvalue weighted by atomic mass is 31.2. The van der Waals surface area contributed by atoms with E-state index in [1.807, 2.05) is 0 Å². The second kappa shape index (κ2) is 59.8. The van der Waals surface area contributed by atoms with Crippen LogP contribution < -0.4 is 0 Å². The number of phosphoric ester groups is 2. The van der Waals surface area contributed by atoms with Crippen LogP contribution in [0, 0.1) is 23.7 Å². The molecule has 3 N–H and O–H groups in total. The minimum atomic E-state index is -4.95. The average Bonchev–Trinajstić information content (AvgIpc) is 3.62. The summed E-state index contributed by atoms with van der Waals surface area (Å²) in [5.41, 5.74) is 0. The first-order chi connectivity index (χ1) is 42.6. The van der Waals surface area contributed by atoms with Crippen LogP contribution >= 0.6 is 15.6 Å². The van der Waals surface area contributed by atoms with Crippen LogP contribution in [0.15, 0.2) is 0 Å². The SMILES string of the molecule is CCC(C)CCCCCCCCC(=O)OC[C@H](COP(=O)(O)OC[C@H](O)COP(=O)(O)OC[C@@H](COC(=O)CCCCCCCCCC(C)C)OC(=O)CCCCCCCCCCCCCCCCCC(C)C)OC(=O)CCCCCCCCCCC(C)C. The second-order valence-corrected chi connectivity index (χ2v) is 29.8. The molecule has 0 saturated heterocycles. The molecule has 0 rings (SSSR count). The minimum absolute atomic E-state index is 0.103. The van der Waals surface area contributed by atoms with E-state index in [4.69, 9.17) is 37.0 Å². The summed E-state index contributed by atoms with van der Waals surface area (Å²) < 4.78 is 68.2. The van der Waals surface area contributed by atoms with E-state index in [0.717, 1.165) is 120 Å². The highest BCUT2D eigenvalue weighted by Gasteiger charge is 2.30. The Morgan fingerprint density at radius 2 is 0.539 bits per heavy atom. The van der Waals surface area contributed by atoms with E-state index in [2.05, 4.69) is 55.4 Å². The summed E-state index contributed by atoms with van der Waals surface area (Å²) in [4.78, 5) is 72.5. The third-order valence-corrected chi connectivity index (χ3v) is 18.3. The first-order valence-electron chi connectivity index (χ1n) is 36.2. The van der Waals surface area contributed by atoms with Gasteiger partial charge in [0.1, 0.15) is 19.3 Å². The maximum atomic E-state index is 13.0. The van der Waals surface area contributed by atoms with Crippen LogP contribution in [0.3, 0.4) is 0 Å². The fourth-order valence-corrected chi connectivity index (χ4v) is 12.0. The van der Waals surface area contributed by atoms with Gasteiger partial charge in [0.25, 0.3) is 0 Å². The van der Waals surface area contributed by atoms with Crippen LogP contribution in [-0.4, -0.2) is 96.7 Å². The monoisotopic (exact) mass is 1310 g/mol. The highest BCUT2D eigenvalue weighted by Crippen LogP contribution is 2.45. The summed E-state index contributed by atoms with van der Waals surface area (Å²) in [6.45, 7) is 14.0. The summed E-state index contributed by atoms with van der Waals surface area (Å²) in [7, 11) is -9.90. The number of aliphatic hydroxyl groups is 1. The van der Waals surface area contributed by atoms with Crippen LogP contribution in [0.1, 0.15) is 344 Å². The average molecular weight is 1310 g/mol. The predicted molar refractivity (Wildman–Crippen MR) is 358 cm³/mol. The van der Waals surface area contributed by atoms with Crippen LogP contribution in [0.5, 0.6) is 0 Å². The Bertz CT molecular complexity index is 1770. The van der Waals surface area contributed by atoms with Gasteiger partial charge in [-0.15, -0.1) is 0 Å². The van der Waals surface area contributed by atoms with Gasteiger partial charge in [0.15, 0.2) is 12.2 Å². The van der Waals surface area contributed by atoms with Gasteiger partial charge in [-0.1, -0.05) is 293 Å². The molecule has 0 radical (unpaired) electrons. The fraction of sp³-hybridized carbons (Fsp3) is 0.943. The maximum absolute atomic E-state index is 13.0. The van der Waals surface area contributed by atoms with Crippen molar-refractivity contribution in [2.75, 3.05) is 39.6 Å². The number of aliphatic hydroxyl groups excluding tert-OH is 1. The number of ether oxygens (including phenoxy) is 4. The molecule has 0 bridgehead atoms. The van der Waals surface area contributed by atoms with Crippen molar-refractivity contribution in [1.82, 2.24) is 0 Å². The number of rotatable bonds is 67. The fourth-order valence-electron chi connectivity index (χ4n) is 10.5. The molecular weight excluding hydrogens is 1170 g/mol. The molecule has 0 aliphatic rings. The van der Waals surface area contributed by atoms with Gasteiger partial charge in [-0.3, -0.25) is 37.3 Å². The molecular formula is C70H136O17P2. The standard InChI is InChI=1S/C70H136O17P2/c1-9-63(8)49-41-33-28-29-35-43-51-68(73)81-57-66(87-70(75)53-45-37-26-20-19-23-31-39-47-61(4)5)59-85-89(78,79)83-55-64(71)54-82-88(76,77)84-58-65(56-80-67(72)50-42-34-27-21-24-32-40-48-62(6)7)86-69(74)52-44-36-25-18-16-14-12-10-11-13-15-17-22-30-38-46-60(2)3/h60-66,71H,9-59H2,1-8H3,(H,76,77)(H,78,79)/t63?,64-,65-,66-/m1/s1. The van der Waals surface area contributed by atoms with Gasteiger partial charge >= 0.3 is 39.5 Å². The zero-order valence-electron chi connectivity index (χ0n) is 58.1. The molecule has 0 heterocycles. The first kappa shape index (κ1) is 87.1. The van der Waals surface area contributed by atoms with Crippen molar-refractivity contribution in [2.45, 2.75) is 363 Å². The molecule has 0 aromatic carbocycles. The van der Waals surface area contributed by atoms with Crippen molar-refractivity contribution < 1.29 is 80.2 Å². The molecule has 19 heteroatoms. The molecule has 528 valence electrons. The van der Waals surface area contributed by atoms with Gasteiger partial charge in [-0.05, 0) is 49.4 Å². The lowest BCUT2D eigenvalue weighted by Gasteiger charge is -2.21. The Balaban J connectivity index is 5.22. The molecule has 89 heavy (non-hydrogen) atoms. The van der Waals surface area contributed by atoms with Crippen molar-refractivity contribution in [3.05, 3.63) is 0 Å². The van der Waals surface area contributed by atoms with Crippen molar-refractivity contribution in [3.63, 3.8) is 0 Å². The van der Waals surface area contributed by atoms with E-state index in [9.17, 15) is 43.2 Å². The van der Waals surface area contributed by atoms with E-state index in [0.29, 0.717) is 31.6 Å². The topological polar surface area (TPSA) is 237 Å². The van der Waals surface area contributed by atoms with E-state index in [1.54, 1.807) is 0 Å². The Kier molecular flexibility index (Phi) is 58.5. The molecule has 0 aliphatic carbocycles. The summed E-state index contributed by atoms with van der Waals surface area (Å²) in [6, 6.07) is 0. The van der Waals surface area contributed by atoms with Crippen LogP contribution in [0.4, 0.5) is 0 Å². The van der Waals surface area contributed by atoms with E-state index >= 15 is 0 Å². The molecule has 3 unspecified atom stereocenters. The number of carbonyl (C=O) groups excluding carboxylic acids is 4. The number of carbonyl (C=O) groups is 4. The smallest absolute Gasteiger partial charge is 0.462 e. The zero-order chi connectivity index (χ0) is 66.1. The van der Waals surface area contributed by atoms with Gasteiger partial charge in [-0.2, -0.15) is 0 Å². The molecule has 17 nitrogen and oxygen atoms in total. The predicted octanol–water partition coefficient (Wildman–Crippen LogP) is 19.7. The highest BCUT2D eigenvalue weighted by molar-refractivity contribution is 7.47. The normalized spacial score (nSPS) is 14.6. The Morgan fingerprint density at radius 3 is 0.798 bits per heavy atom. The quantitative estimate of drug-likeness (QED) is 0.0222. The van der Waals surface area contributed by atoms with E-state index in [-0.39, 0.29) is 25.7 Å². The van der Waals surface area contributed by atoms with Crippen molar-refractivity contribution >= 4 is 39.5 Å². The van der Waals surface area contributed by atoms with Gasteiger partial charge in [0.2, 0.25) is 0 Å². The molecule has 0 aromatic heterocycles. The minimum Gasteiger partial charge on any atom is -0.462 e. The molecule has 0 saturated carbocycles. The lowest BCUT2D eigenvalue weighted by Crippen LogP contribution is -2.30. The zero-order valence-corrected chi connectivity index (χ0v) is 59.8. The van der Waals surface area contributed by atoms with Gasteiger partial charge in [-0.25, -0.2) is 9.13 Å². The lowest BCUT2D eigenvalue weighted by atomic mass is 10.00. The van der Waals surface area contributed by atoms with Crippen molar-refractivity contribution in [2.24, 2.45) is 23.7 Å². The molecule has 0 amide bonds. The summed E-state index contributed by atoms with van der Waals surface area (Å²) >= 11 is 0. The molecule has 0 aromatic rings. The first-order valence-corrected chi connectivity index (χ1v) is 39.2. The maximum Gasteiger partial charge on any atom is 0.472 e. The number of hydrogen-bond acceptors (Lipinski definition) is 15. The van der Waals surface area contributed by atoms with Gasteiger partial charge < -0.3 is 33.8 Å². The van der Waals surface area contributed by atoms with Crippen LogP contribution in [0.2, 0.25) is 0 Å². The third-order valence-electron chi connectivity index (χ3n) is 16.4. The van der Waals surface area contributed by atoms with Crippen molar-refractivity contribution in [1.29, 1.82) is 0 Å². The molecule has 6 atom stereocenters. The number of phosphoric acid groups is 2.